The standard InChI is InChI=1S/C24H21N3/c1-14-12-15(2)25-21(14)13-22-18-9-4-5-10-19(18)24(27-22)23-16(3)17-8-6-7-11-20(17)26-23/h4-13,25-26H,1-3H3/b22-13-. The van der Waals surface area contributed by atoms with Crippen LogP contribution < -0.4 is 0 Å². The molecule has 1 aliphatic rings. The van der Waals surface area contributed by atoms with E-state index in [2.05, 4.69) is 91.4 Å². The van der Waals surface area contributed by atoms with Crippen molar-refractivity contribution >= 4 is 28.4 Å². The Morgan fingerprint density at radius 3 is 2.33 bits per heavy atom. The van der Waals surface area contributed by atoms with Crippen molar-refractivity contribution in [1.82, 2.24) is 9.97 Å². The highest BCUT2D eigenvalue weighted by Crippen LogP contribution is 2.35. The van der Waals surface area contributed by atoms with Crippen LogP contribution in [-0.4, -0.2) is 15.7 Å². The molecular weight excluding hydrogens is 330 g/mol. The molecule has 3 heteroatoms. The van der Waals surface area contributed by atoms with Gasteiger partial charge in [0, 0.05) is 33.4 Å². The second-order valence-electron chi connectivity index (χ2n) is 7.26. The lowest BCUT2D eigenvalue weighted by atomic mass is 10.00. The fourth-order valence-corrected chi connectivity index (χ4v) is 4.01. The summed E-state index contributed by atoms with van der Waals surface area (Å²) in [6.07, 6.45) is 2.16. The lowest BCUT2D eigenvalue weighted by Crippen LogP contribution is -2.02. The van der Waals surface area contributed by atoms with E-state index in [-0.39, 0.29) is 0 Å². The van der Waals surface area contributed by atoms with Gasteiger partial charge in [0.25, 0.3) is 0 Å². The summed E-state index contributed by atoms with van der Waals surface area (Å²) in [6.45, 7) is 6.38. The Bertz CT molecular complexity index is 1250. The number of fused-ring (bicyclic) bond motifs is 2. The van der Waals surface area contributed by atoms with E-state index in [1.165, 1.54) is 33.3 Å². The number of aliphatic imine (C=N–C) groups is 1. The van der Waals surface area contributed by atoms with Crippen LogP contribution in [0.4, 0.5) is 0 Å². The Morgan fingerprint density at radius 1 is 0.852 bits per heavy atom. The van der Waals surface area contributed by atoms with Gasteiger partial charge in [-0.05, 0) is 50.1 Å². The topological polar surface area (TPSA) is 43.9 Å². The molecule has 0 fully saturated rings. The second kappa shape index (κ2) is 5.85. The smallest absolute Gasteiger partial charge is 0.0954 e. The number of nitrogens with zero attached hydrogens (tertiary/aromatic N) is 1. The van der Waals surface area contributed by atoms with Crippen LogP contribution in [0, 0.1) is 20.8 Å². The molecule has 3 heterocycles. The Balaban J connectivity index is 1.72. The van der Waals surface area contributed by atoms with Gasteiger partial charge in [0.1, 0.15) is 0 Å². The number of aromatic amines is 2. The molecule has 4 aromatic rings. The molecule has 0 radical (unpaired) electrons. The molecule has 0 saturated carbocycles. The maximum atomic E-state index is 5.05. The number of aromatic nitrogens is 2. The van der Waals surface area contributed by atoms with Crippen LogP contribution in [0.1, 0.15) is 39.3 Å². The van der Waals surface area contributed by atoms with Crippen molar-refractivity contribution in [2.24, 2.45) is 4.99 Å². The van der Waals surface area contributed by atoms with Gasteiger partial charge < -0.3 is 9.97 Å². The molecule has 0 amide bonds. The minimum absolute atomic E-state index is 1.00. The molecule has 0 aliphatic carbocycles. The number of hydrogen-bond donors (Lipinski definition) is 2. The quantitative estimate of drug-likeness (QED) is 0.460. The summed E-state index contributed by atoms with van der Waals surface area (Å²) in [5.41, 5.74) is 11.4. The highest BCUT2D eigenvalue weighted by molar-refractivity contribution is 6.22. The number of H-pyrrole nitrogens is 2. The fourth-order valence-electron chi connectivity index (χ4n) is 4.01. The van der Waals surface area contributed by atoms with Gasteiger partial charge in [-0.25, -0.2) is 4.99 Å². The summed E-state index contributed by atoms with van der Waals surface area (Å²) in [6, 6.07) is 19.1. The molecule has 0 saturated heterocycles. The summed E-state index contributed by atoms with van der Waals surface area (Å²) < 4.78 is 0. The van der Waals surface area contributed by atoms with Crippen molar-refractivity contribution in [2.45, 2.75) is 20.8 Å². The van der Waals surface area contributed by atoms with Crippen molar-refractivity contribution < 1.29 is 0 Å². The monoisotopic (exact) mass is 351 g/mol. The van der Waals surface area contributed by atoms with E-state index in [0.29, 0.717) is 0 Å². The maximum absolute atomic E-state index is 5.05. The molecule has 2 aromatic heterocycles. The van der Waals surface area contributed by atoms with Crippen LogP contribution in [0.25, 0.3) is 22.7 Å². The lowest BCUT2D eigenvalue weighted by molar-refractivity contribution is 1.24. The third kappa shape index (κ3) is 2.47. The first-order valence-electron chi connectivity index (χ1n) is 9.26. The molecule has 0 unspecified atom stereocenters. The number of rotatable bonds is 2. The van der Waals surface area contributed by atoms with Crippen LogP contribution in [0.5, 0.6) is 0 Å². The van der Waals surface area contributed by atoms with Gasteiger partial charge >= 0.3 is 0 Å². The second-order valence-corrected chi connectivity index (χ2v) is 7.26. The van der Waals surface area contributed by atoms with E-state index in [9.17, 15) is 0 Å². The SMILES string of the molecule is Cc1cc(C)c(/C=C2\N=C(c3[nH]c4ccccc4c3C)c3ccccc32)[nH]1. The third-order valence-corrected chi connectivity index (χ3v) is 5.36. The van der Waals surface area contributed by atoms with Crippen molar-refractivity contribution in [3.8, 4) is 0 Å². The Morgan fingerprint density at radius 2 is 1.59 bits per heavy atom. The summed E-state index contributed by atoms with van der Waals surface area (Å²) in [5, 5.41) is 1.25. The van der Waals surface area contributed by atoms with Crippen molar-refractivity contribution in [2.75, 3.05) is 0 Å². The van der Waals surface area contributed by atoms with Crippen LogP contribution in [-0.2, 0) is 0 Å². The van der Waals surface area contributed by atoms with E-state index in [4.69, 9.17) is 4.99 Å². The van der Waals surface area contributed by atoms with E-state index >= 15 is 0 Å². The van der Waals surface area contributed by atoms with Gasteiger partial charge in [0.05, 0.1) is 17.1 Å². The van der Waals surface area contributed by atoms with Crippen molar-refractivity contribution in [1.29, 1.82) is 0 Å². The number of nitrogens with one attached hydrogen (secondary N) is 2. The zero-order chi connectivity index (χ0) is 18.5. The van der Waals surface area contributed by atoms with Crippen LogP contribution in [0.2, 0.25) is 0 Å². The normalized spacial score (nSPS) is 14.8. The van der Waals surface area contributed by atoms with Gasteiger partial charge in [0.15, 0.2) is 0 Å². The summed E-state index contributed by atoms with van der Waals surface area (Å²) in [7, 11) is 0. The predicted octanol–water partition coefficient (Wildman–Crippen LogP) is 5.77. The van der Waals surface area contributed by atoms with Gasteiger partial charge in [0.2, 0.25) is 0 Å². The number of aryl methyl sites for hydroxylation is 3. The average molecular weight is 351 g/mol. The van der Waals surface area contributed by atoms with Crippen molar-refractivity contribution in [3.63, 3.8) is 0 Å². The van der Waals surface area contributed by atoms with E-state index in [1.807, 2.05) is 0 Å². The first-order chi connectivity index (χ1) is 13.1. The van der Waals surface area contributed by atoms with Crippen LogP contribution in [0.15, 0.2) is 59.6 Å². The van der Waals surface area contributed by atoms with Gasteiger partial charge in [-0.3, -0.25) is 0 Å². The van der Waals surface area contributed by atoms with Gasteiger partial charge in [-0.2, -0.15) is 0 Å². The van der Waals surface area contributed by atoms with Gasteiger partial charge in [-0.1, -0.05) is 42.5 Å². The molecule has 27 heavy (non-hydrogen) atoms. The number of hydrogen-bond acceptors (Lipinski definition) is 1. The molecule has 2 N–H and O–H groups in total. The Hall–Kier alpha value is -3.33. The first kappa shape index (κ1) is 15.9. The van der Waals surface area contributed by atoms with Gasteiger partial charge in [-0.15, -0.1) is 0 Å². The average Bonchev–Trinajstić information content (AvgIpc) is 3.30. The first-order valence-corrected chi connectivity index (χ1v) is 9.26. The molecule has 5 rings (SSSR count). The van der Waals surface area contributed by atoms with E-state index in [0.717, 1.165) is 28.3 Å². The highest BCUT2D eigenvalue weighted by Gasteiger charge is 2.24. The minimum atomic E-state index is 1.00. The summed E-state index contributed by atoms with van der Waals surface area (Å²) in [4.78, 5) is 12.1. The largest absolute Gasteiger partial charge is 0.359 e. The molecular formula is C24H21N3. The molecule has 132 valence electrons. The third-order valence-electron chi connectivity index (χ3n) is 5.36. The van der Waals surface area contributed by atoms with Crippen molar-refractivity contribution in [3.05, 3.63) is 93.9 Å². The number of benzene rings is 2. The summed E-state index contributed by atoms with van der Waals surface area (Å²) >= 11 is 0. The zero-order valence-corrected chi connectivity index (χ0v) is 15.7. The van der Waals surface area contributed by atoms with Crippen LogP contribution >= 0.6 is 0 Å². The molecule has 2 aromatic carbocycles. The Labute approximate surface area is 158 Å². The maximum Gasteiger partial charge on any atom is 0.0954 e. The predicted molar refractivity (Wildman–Crippen MR) is 113 cm³/mol. The minimum Gasteiger partial charge on any atom is -0.359 e. The Kier molecular flexibility index (Phi) is 3.44. The lowest BCUT2D eigenvalue weighted by Gasteiger charge is -2.02. The van der Waals surface area contributed by atoms with E-state index in [1.54, 1.807) is 0 Å². The highest BCUT2D eigenvalue weighted by atomic mass is 14.9. The fraction of sp³-hybridized carbons (Fsp3) is 0.125. The summed E-state index contributed by atoms with van der Waals surface area (Å²) in [5.74, 6) is 0. The molecule has 3 nitrogen and oxygen atoms in total. The molecule has 0 bridgehead atoms. The van der Waals surface area contributed by atoms with E-state index < -0.39 is 0 Å². The zero-order valence-electron chi connectivity index (χ0n) is 15.7. The molecule has 0 spiro atoms. The molecule has 0 atom stereocenters. The molecule has 1 aliphatic heterocycles. The number of para-hydroxylation sites is 1. The van der Waals surface area contributed by atoms with Crippen LogP contribution in [0.3, 0.4) is 0 Å².